The topological polar surface area (TPSA) is 69.0 Å². The molecule has 1 heterocycles. The summed E-state index contributed by atoms with van der Waals surface area (Å²) >= 11 is 1.37. The Morgan fingerprint density at radius 2 is 1.73 bits per heavy atom. The minimum atomic E-state index is -0.0464. The van der Waals surface area contributed by atoms with E-state index in [0.717, 1.165) is 41.0 Å². The van der Waals surface area contributed by atoms with E-state index in [9.17, 15) is 4.79 Å². The van der Waals surface area contributed by atoms with Crippen LogP contribution in [0.5, 0.6) is 5.75 Å². The van der Waals surface area contributed by atoms with Crippen molar-refractivity contribution in [3.8, 4) is 17.1 Å². The summed E-state index contributed by atoms with van der Waals surface area (Å²) in [5.74, 6) is 1.70. The first kappa shape index (κ1) is 21.9. The van der Waals surface area contributed by atoms with E-state index in [-0.39, 0.29) is 11.7 Å². The van der Waals surface area contributed by atoms with E-state index in [0.29, 0.717) is 17.6 Å². The van der Waals surface area contributed by atoms with Crippen LogP contribution in [0.3, 0.4) is 0 Å². The first-order valence-electron chi connectivity index (χ1n) is 10.2. The van der Waals surface area contributed by atoms with Crippen molar-refractivity contribution in [2.45, 2.75) is 38.8 Å². The molecule has 1 aromatic heterocycles. The molecule has 7 heteroatoms. The molecule has 0 fully saturated rings. The molecule has 0 saturated carbocycles. The normalized spacial score (nSPS) is 10.8. The van der Waals surface area contributed by atoms with Crippen LogP contribution in [0.25, 0.3) is 11.4 Å². The van der Waals surface area contributed by atoms with Crippen molar-refractivity contribution in [1.29, 1.82) is 0 Å². The standard InChI is InChI=1S/C23H28N4O2S/c1-5-16-11-10-12-17(6-2)21(16)24-20(28)15-30-23-26-25-22(27(23)4)18-13-8-9-14-19(18)29-7-3/h8-14H,5-7,15H2,1-4H3,(H,24,28). The van der Waals surface area contributed by atoms with Gasteiger partial charge >= 0.3 is 0 Å². The van der Waals surface area contributed by atoms with Gasteiger partial charge in [0, 0.05) is 12.7 Å². The fraction of sp³-hybridized carbons (Fsp3) is 0.348. The third kappa shape index (κ3) is 4.84. The molecule has 0 unspecified atom stereocenters. The van der Waals surface area contributed by atoms with Gasteiger partial charge in [-0.25, -0.2) is 0 Å². The maximum atomic E-state index is 12.6. The summed E-state index contributed by atoms with van der Waals surface area (Å²) in [6.07, 6.45) is 1.75. The second-order valence-electron chi connectivity index (χ2n) is 6.79. The lowest BCUT2D eigenvalue weighted by Gasteiger charge is -2.14. The van der Waals surface area contributed by atoms with E-state index < -0.39 is 0 Å². The predicted octanol–water partition coefficient (Wildman–Crippen LogP) is 4.74. The minimum Gasteiger partial charge on any atom is -0.493 e. The highest BCUT2D eigenvalue weighted by atomic mass is 32.2. The second kappa shape index (κ2) is 10.3. The van der Waals surface area contributed by atoms with Crippen LogP contribution in [0, 0.1) is 0 Å². The number of carbonyl (C=O) groups excluding carboxylic acids is 1. The number of carbonyl (C=O) groups is 1. The molecule has 0 aliphatic rings. The molecule has 2 aromatic carbocycles. The lowest BCUT2D eigenvalue weighted by molar-refractivity contribution is -0.113. The zero-order valence-electron chi connectivity index (χ0n) is 17.9. The Hall–Kier alpha value is -2.80. The van der Waals surface area contributed by atoms with Gasteiger partial charge in [-0.1, -0.05) is 55.9 Å². The van der Waals surface area contributed by atoms with E-state index in [1.807, 2.05) is 48.9 Å². The van der Waals surface area contributed by atoms with Crippen LogP contribution in [0.2, 0.25) is 0 Å². The van der Waals surface area contributed by atoms with Crippen LogP contribution in [0.4, 0.5) is 5.69 Å². The van der Waals surface area contributed by atoms with Crippen molar-refractivity contribution in [3.63, 3.8) is 0 Å². The molecule has 0 radical (unpaired) electrons. The number of nitrogens with one attached hydrogen (secondary N) is 1. The van der Waals surface area contributed by atoms with Crippen LogP contribution in [0.1, 0.15) is 31.9 Å². The van der Waals surface area contributed by atoms with Gasteiger partial charge in [0.25, 0.3) is 0 Å². The summed E-state index contributed by atoms with van der Waals surface area (Å²) in [6, 6.07) is 13.9. The highest BCUT2D eigenvalue weighted by Crippen LogP contribution is 2.30. The van der Waals surface area contributed by atoms with Gasteiger partial charge in [0.2, 0.25) is 5.91 Å². The first-order valence-corrected chi connectivity index (χ1v) is 11.2. The Kier molecular flexibility index (Phi) is 7.52. The van der Waals surface area contributed by atoms with Crippen molar-refractivity contribution in [2.75, 3.05) is 17.7 Å². The van der Waals surface area contributed by atoms with Crippen LogP contribution in [-0.4, -0.2) is 33.0 Å². The Balaban J connectivity index is 1.72. The summed E-state index contributed by atoms with van der Waals surface area (Å²) in [4.78, 5) is 12.6. The van der Waals surface area contributed by atoms with Crippen molar-refractivity contribution in [1.82, 2.24) is 14.8 Å². The average Bonchev–Trinajstić information content (AvgIpc) is 3.13. The summed E-state index contributed by atoms with van der Waals surface area (Å²) in [5, 5.41) is 12.4. The van der Waals surface area contributed by atoms with Crippen molar-refractivity contribution < 1.29 is 9.53 Å². The van der Waals surface area contributed by atoms with E-state index in [2.05, 4.69) is 41.5 Å². The number of amides is 1. The predicted molar refractivity (Wildman–Crippen MR) is 122 cm³/mol. The summed E-state index contributed by atoms with van der Waals surface area (Å²) in [7, 11) is 1.90. The van der Waals surface area contributed by atoms with E-state index in [1.54, 1.807) is 0 Å². The number of hydrogen-bond acceptors (Lipinski definition) is 5. The molecule has 158 valence electrons. The van der Waals surface area contributed by atoms with Gasteiger partial charge in [0.05, 0.1) is 17.9 Å². The number of aryl methyl sites for hydroxylation is 2. The first-order chi connectivity index (χ1) is 14.6. The number of rotatable bonds is 9. The minimum absolute atomic E-state index is 0.0464. The van der Waals surface area contributed by atoms with Gasteiger partial charge in [-0.15, -0.1) is 10.2 Å². The molecule has 6 nitrogen and oxygen atoms in total. The quantitative estimate of drug-likeness (QED) is 0.503. The molecular formula is C23H28N4O2S. The number of ether oxygens (including phenoxy) is 1. The van der Waals surface area contributed by atoms with Gasteiger partial charge in [0.15, 0.2) is 11.0 Å². The fourth-order valence-corrected chi connectivity index (χ4v) is 4.03. The smallest absolute Gasteiger partial charge is 0.234 e. The Labute approximate surface area is 182 Å². The van der Waals surface area contributed by atoms with Crippen molar-refractivity contribution in [3.05, 3.63) is 53.6 Å². The average molecular weight is 425 g/mol. The molecule has 1 N–H and O–H groups in total. The third-order valence-corrected chi connectivity index (χ3v) is 5.88. The molecule has 0 aliphatic carbocycles. The summed E-state index contributed by atoms with van der Waals surface area (Å²) in [6.45, 7) is 6.73. The van der Waals surface area contributed by atoms with E-state index in [4.69, 9.17) is 4.74 Å². The van der Waals surface area contributed by atoms with E-state index >= 15 is 0 Å². The summed E-state index contributed by atoms with van der Waals surface area (Å²) in [5.41, 5.74) is 4.13. The zero-order valence-corrected chi connectivity index (χ0v) is 18.8. The molecule has 30 heavy (non-hydrogen) atoms. The van der Waals surface area contributed by atoms with Crippen molar-refractivity contribution in [2.24, 2.45) is 7.05 Å². The molecule has 3 rings (SSSR count). The van der Waals surface area contributed by atoms with Gasteiger partial charge in [-0.2, -0.15) is 0 Å². The van der Waals surface area contributed by atoms with Gasteiger partial charge in [0.1, 0.15) is 5.75 Å². The van der Waals surface area contributed by atoms with Crippen LogP contribution in [-0.2, 0) is 24.7 Å². The lowest BCUT2D eigenvalue weighted by atomic mass is 10.0. The fourth-order valence-electron chi connectivity index (χ4n) is 3.32. The monoisotopic (exact) mass is 424 g/mol. The van der Waals surface area contributed by atoms with Crippen LogP contribution in [0.15, 0.2) is 47.6 Å². The SMILES string of the molecule is CCOc1ccccc1-c1nnc(SCC(=O)Nc2c(CC)cccc2CC)n1C. The number of benzene rings is 2. The summed E-state index contributed by atoms with van der Waals surface area (Å²) < 4.78 is 7.61. The number of aromatic nitrogens is 3. The maximum Gasteiger partial charge on any atom is 0.234 e. The molecule has 0 bridgehead atoms. The molecule has 0 aliphatic heterocycles. The largest absolute Gasteiger partial charge is 0.493 e. The highest BCUT2D eigenvalue weighted by molar-refractivity contribution is 7.99. The third-order valence-electron chi connectivity index (χ3n) is 4.86. The Morgan fingerprint density at radius 3 is 2.40 bits per heavy atom. The van der Waals surface area contributed by atoms with Gasteiger partial charge in [-0.05, 0) is 43.0 Å². The highest BCUT2D eigenvalue weighted by Gasteiger charge is 2.17. The molecular weight excluding hydrogens is 396 g/mol. The molecule has 3 aromatic rings. The number of nitrogens with zero attached hydrogens (tertiary/aromatic N) is 3. The number of hydrogen-bond donors (Lipinski definition) is 1. The Bertz CT molecular complexity index is 994. The second-order valence-corrected chi connectivity index (χ2v) is 7.73. The molecule has 0 atom stereocenters. The van der Waals surface area contributed by atoms with Crippen molar-refractivity contribution >= 4 is 23.4 Å². The maximum absolute atomic E-state index is 12.6. The number of anilines is 1. The van der Waals surface area contributed by atoms with Gasteiger partial charge < -0.3 is 14.6 Å². The van der Waals surface area contributed by atoms with Crippen LogP contribution < -0.4 is 10.1 Å². The molecule has 0 saturated heterocycles. The van der Waals surface area contributed by atoms with E-state index in [1.165, 1.54) is 11.8 Å². The number of para-hydroxylation sites is 2. The Morgan fingerprint density at radius 1 is 1.03 bits per heavy atom. The number of thioether (sulfide) groups is 1. The molecule has 1 amide bonds. The molecule has 0 spiro atoms. The lowest BCUT2D eigenvalue weighted by Crippen LogP contribution is -2.17. The van der Waals surface area contributed by atoms with Gasteiger partial charge in [-0.3, -0.25) is 4.79 Å². The van der Waals surface area contributed by atoms with Crippen LogP contribution >= 0.6 is 11.8 Å². The zero-order chi connectivity index (χ0) is 21.5.